The quantitative estimate of drug-likeness (QED) is 0.676. The second-order valence-corrected chi connectivity index (χ2v) is 6.02. The second-order valence-electron chi connectivity index (χ2n) is 6.02. The van der Waals surface area contributed by atoms with E-state index in [1.165, 1.54) is 21.9 Å². The minimum atomic E-state index is 0.344. The smallest absolute Gasteiger partial charge is 0.0149 e. The maximum atomic E-state index is 2.31. The summed E-state index contributed by atoms with van der Waals surface area (Å²) in [7, 11) is 0. The van der Waals surface area contributed by atoms with Crippen LogP contribution in [0.1, 0.15) is 38.8 Å². The van der Waals surface area contributed by atoms with Crippen molar-refractivity contribution in [2.24, 2.45) is 5.41 Å². The van der Waals surface area contributed by atoms with Crippen LogP contribution in [0.5, 0.6) is 0 Å². The molecule has 0 N–H and O–H groups in total. The number of benzene rings is 2. The molecule has 0 aliphatic carbocycles. The molecule has 0 unspecified atom stereocenters. The van der Waals surface area contributed by atoms with Gasteiger partial charge in [-0.05, 0) is 40.2 Å². The van der Waals surface area contributed by atoms with Gasteiger partial charge in [0.2, 0.25) is 0 Å². The first kappa shape index (κ1) is 12.2. The van der Waals surface area contributed by atoms with Gasteiger partial charge in [0, 0.05) is 0 Å². The Labute approximate surface area is 105 Å². The van der Waals surface area contributed by atoms with E-state index < -0.39 is 0 Å². The van der Waals surface area contributed by atoms with Gasteiger partial charge < -0.3 is 0 Å². The number of fused-ring (bicyclic) bond motifs is 1. The van der Waals surface area contributed by atoms with Gasteiger partial charge in [-0.1, -0.05) is 64.1 Å². The molecule has 2 rings (SSSR count). The molecule has 90 valence electrons. The van der Waals surface area contributed by atoms with E-state index in [-0.39, 0.29) is 0 Å². The van der Waals surface area contributed by atoms with Crippen LogP contribution in [0, 0.1) is 5.41 Å². The van der Waals surface area contributed by atoms with Gasteiger partial charge in [0.25, 0.3) is 0 Å². The third kappa shape index (κ3) is 2.69. The first-order chi connectivity index (χ1) is 8.01. The lowest BCUT2D eigenvalue weighted by Gasteiger charge is -2.20. The van der Waals surface area contributed by atoms with Gasteiger partial charge in [0.05, 0.1) is 0 Å². The summed E-state index contributed by atoms with van der Waals surface area (Å²) in [6.07, 6.45) is 2.24. The maximum Gasteiger partial charge on any atom is -0.0149 e. The molecule has 0 heteroatoms. The average Bonchev–Trinajstić information content (AvgIpc) is 2.28. The molecule has 0 atom stereocenters. The molecule has 0 aromatic heterocycles. The highest BCUT2D eigenvalue weighted by Gasteiger charge is 2.13. The van der Waals surface area contributed by atoms with E-state index in [4.69, 9.17) is 0 Å². The molecule has 0 spiro atoms. The molecule has 0 saturated carbocycles. The zero-order chi connectivity index (χ0) is 12.5. The van der Waals surface area contributed by atoms with E-state index in [1.807, 2.05) is 0 Å². The van der Waals surface area contributed by atoms with Crippen LogP contribution in [0.4, 0.5) is 0 Å². The molecule has 2 aromatic rings. The first-order valence-corrected chi connectivity index (χ1v) is 6.51. The molecule has 0 fully saturated rings. The van der Waals surface area contributed by atoms with Crippen molar-refractivity contribution in [2.75, 3.05) is 0 Å². The van der Waals surface area contributed by atoms with Crippen molar-refractivity contribution in [2.45, 2.75) is 40.5 Å². The van der Waals surface area contributed by atoms with E-state index in [0.29, 0.717) is 5.41 Å². The van der Waals surface area contributed by atoms with Gasteiger partial charge in [0.15, 0.2) is 0 Å². The Bertz CT molecular complexity index is 515. The summed E-state index contributed by atoms with van der Waals surface area (Å²) in [4.78, 5) is 0. The molecular weight excluding hydrogens is 204 g/mol. The lowest BCUT2D eigenvalue weighted by molar-refractivity contribution is 0.412. The molecule has 0 saturated heterocycles. The second kappa shape index (κ2) is 4.52. The lowest BCUT2D eigenvalue weighted by atomic mass is 9.85. The summed E-state index contributed by atoms with van der Waals surface area (Å²) in [5.41, 5.74) is 3.28. The Morgan fingerprint density at radius 1 is 0.824 bits per heavy atom. The molecule has 0 amide bonds. The summed E-state index contributed by atoms with van der Waals surface area (Å²) in [6, 6.07) is 13.4. The lowest BCUT2D eigenvalue weighted by Crippen LogP contribution is -2.09. The Morgan fingerprint density at radius 3 is 1.88 bits per heavy atom. The Balaban J connectivity index is 2.59. The van der Waals surface area contributed by atoms with Crippen molar-refractivity contribution in [3.05, 3.63) is 47.5 Å². The van der Waals surface area contributed by atoms with Crippen LogP contribution in [0.2, 0.25) is 0 Å². The zero-order valence-electron chi connectivity index (χ0n) is 11.4. The molecular formula is C17H22. The topological polar surface area (TPSA) is 0 Å². The maximum absolute atomic E-state index is 2.31. The van der Waals surface area contributed by atoms with E-state index >= 15 is 0 Å². The van der Waals surface area contributed by atoms with Crippen molar-refractivity contribution in [3.63, 3.8) is 0 Å². The van der Waals surface area contributed by atoms with Gasteiger partial charge in [-0.15, -0.1) is 0 Å². The highest BCUT2D eigenvalue weighted by Crippen LogP contribution is 2.28. The van der Waals surface area contributed by atoms with Crippen molar-refractivity contribution in [1.82, 2.24) is 0 Å². The predicted molar refractivity (Wildman–Crippen MR) is 76.5 cm³/mol. The minimum absolute atomic E-state index is 0.344. The minimum Gasteiger partial charge on any atom is -0.0616 e. The highest BCUT2D eigenvalue weighted by atomic mass is 14.2. The standard InChI is InChI=1S/C17H22/c1-5-13-10-11-14(12-17(2,3)4)16-9-7-6-8-15(13)16/h6-11H,5,12H2,1-4H3. The normalized spacial score (nSPS) is 12.0. The summed E-state index contributed by atoms with van der Waals surface area (Å²) in [5, 5.41) is 2.86. The van der Waals surface area contributed by atoms with E-state index in [0.717, 1.165) is 12.8 Å². The molecule has 0 heterocycles. The number of hydrogen-bond donors (Lipinski definition) is 0. The Morgan fingerprint density at radius 2 is 1.35 bits per heavy atom. The monoisotopic (exact) mass is 226 g/mol. The number of hydrogen-bond acceptors (Lipinski definition) is 0. The van der Waals surface area contributed by atoms with Gasteiger partial charge >= 0.3 is 0 Å². The Kier molecular flexibility index (Phi) is 3.24. The van der Waals surface area contributed by atoms with Crippen LogP contribution in [0.3, 0.4) is 0 Å². The predicted octanol–water partition coefficient (Wildman–Crippen LogP) is 4.99. The molecule has 0 bridgehead atoms. The third-order valence-corrected chi connectivity index (χ3v) is 3.21. The van der Waals surface area contributed by atoms with Crippen LogP contribution in [-0.2, 0) is 12.8 Å². The molecule has 0 aliphatic heterocycles. The zero-order valence-corrected chi connectivity index (χ0v) is 11.4. The van der Waals surface area contributed by atoms with Crippen LogP contribution in [0.25, 0.3) is 10.8 Å². The summed E-state index contributed by atoms with van der Waals surface area (Å²) < 4.78 is 0. The van der Waals surface area contributed by atoms with Crippen LogP contribution < -0.4 is 0 Å². The van der Waals surface area contributed by atoms with Crippen LogP contribution in [0.15, 0.2) is 36.4 Å². The fourth-order valence-electron chi connectivity index (χ4n) is 2.46. The first-order valence-electron chi connectivity index (χ1n) is 6.51. The molecule has 17 heavy (non-hydrogen) atoms. The van der Waals surface area contributed by atoms with E-state index in [2.05, 4.69) is 64.1 Å². The molecule has 0 radical (unpaired) electrons. The van der Waals surface area contributed by atoms with E-state index in [1.54, 1.807) is 0 Å². The summed E-state index contributed by atoms with van der Waals surface area (Å²) in [5.74, 6) is 0. The van der Waals surface area contributed by atoms with Crippen LogP contribution >= 0.6 is 0 Å². The van der Waals surface area contributed by atoms with Gasteiger partial charge in [-0.2, -0.15) is 0 Å². The van der Waals surface area contributed by atoms with Gasteiger partial charge in [-0.25, -0.2) is 0 Å². The number of aryl methyl sites for hydroxylation is 1. The van der Waals surface area contributed by atoms with Gasteiger partial charge in [0.1, 0.15) is 0 Å². The van der Waals surface area contributed by atoms with Crippen molar-refractivity contribution < 1.29 is 0 Å². The third-order valence-electron chi connectivity index (χ3n) is 3.21. The van der Waals surface area contributed by atoms with Gasteiger partial charge in [-0.3, -0.25) is 0 Å². The summed E-state index contributed by atoms with van der Waals surface area (Å²) >= 11 is 0. The molecule has 2 aromatic carbocycles. The summed E-state index contributed by atoms with van der Waals surface area (Å²) in [6.45, 7) is 9.13. The SMILES string of the molecule is CCc1ccc(CC(C)(C)C)c2ccccc12. The fraction of sp³-hybridized carbons (Fsp3) is 0.412. The largest absolute Gasteiger partial charge is 0.0616 e. The van der Waals surface area contributed by atoms with Crippen molar-refractivity contribution in [1.29, 1.82) is 0 Å². The molecule has 0 aliphatic rings. The fourth-order valence-corrected chi connectivity index (χ4v) is 2.46. The highest BCUT2D eigenvalue weighted by molar-refractivity contribution is 5.88. The van der Waals surface area contributed by atoms with Crippen LogP contribution in [-0.4, -0.2) is 0 Å². The molecule has 0 nitrogen and oxygen atoms in total. The Hall–Kier alpha value is -1.30. The van der Waals surface area contributed by atoms with Crippen molar-refractivity contribution >= 4 is 10.8 Å². The van der Waals surface area contributed by atoms with Crippen molar-refractivity contribution in [3.8, 4) is 0 Å². The average molecular weight is 226 g/mol. The van der Waals surface area contributed by atoms with E-state index in [9.17, 15) is 0 Å². The number of rotatable bonds is 2.